The first kappa shape index (κ1) is 19.5. The molecule has 1 aromatic rings. The quantitative estimate of drug-likeness (QED) is 0.797. The molecule has 6 nitrogen and oxygen atoms in total. The number of rotatable bonds is 5. The molecule has 3 amide bonds. The summed E-state index contributed by atoms with van der Waals surface area (Å²) in [6.07, 6.45) is -6.26. The molecule has 1 aromatic carbocycles. The van der Waals surface area contributed by atoms with Gasteiger partial charge in [-0.15, -0.1) is 0 Å². The minimum atomic E-state index is -4.53. The van der Waals surface area contributed by atoms with Gasteiger partial charge in [0.1, 0.15) is 0 Å². The third kappa shape index (κ3) is 5.90. The number of halogens is 3. The largest absolute Gasteiger partial charge is 0.452 e. The highest BCUT2D eigenvalue weighted by Gasteiger charge is 2.31. The zero-order chi connectivity index (χ0) is 18.5. The van der Waals surface area contributed by atoms with Crippen LogP contribution in [0.1, 0.15) is 25.0 Å². The van der Waals surface area contributed by atoms with Crippen LogP contribution >= 0.6 is 0 Å². The van der Waals surface area contributed by atoms with Gasteiger partial charge in [0.15, 0.2) is 6.10 Å². The van der Waals surface area contributed by atoms with Gasteiger partial charge < -0.3 is 10.5 Å². The molecule has 9 heteroatoms. The van der Waals surface area contributed by atoms with Crippen molar-refractivity contribution in [3.63, 3.8) is 0 Å². The van der Waals surface area contributed by atoms with Crippen LogP contribution in [0.2, 0.25) is 0 Å². The van der Waals surface area contributed by atoms with E-state index in [-0.39, 0.29) is 5.56 Å². The number of hydrogen-bond acceptors (Lipinski definition) is 4. The Hall–Kier alpha value is -2.58. The lowest BCUT2D eigenvalue weighted by atomic mass is 10.1. The molecule has 1 atom stereocenters. The summed E-state index contributed by atoms with van der Waals surface area (Å²) in [6, 6.07) is 3.12. The van der Waals surface area contributed by atoms with Gasteiger partial charge in [0.25, 0.3) is 5.91 Å². The van der Waals surface area contributed by atoms with Crippen LogP contribution in [0.5, 0.6) is 0 Å². The Morgan fingerprint density at radius 1 is 1.25 bits per heavy atom. The van der Waals surface area contributed by atoms with Crippen molar-refractivity contribution >= 4 is 17.9 Å². The van der Waals surface area contributed by atoms with E-state index in [2.05, 4.69) is 0 Å². The van der Waals surface area contributed by atoms with E-state index in [1.165, 1.54) is 12.1 Å². The normalized spacial score (nSPS) is 12.6. The molecular formula is C15H17F3N2O4. The van der Waals surface area contributed by atoms with Crippen molar-refractivity contribution in [2.75, 3.05) is 0 Å². The highest BCUT2D eigenvalue weighted by atomic mass is 19.4. The lowest BCUT2D eigenvalue weighted by molar-refractivity contribution is -0.157. The summed E-state index contributed by atoms with van der Waals surface area (Å²) in [5.74, 6) is -2.25. The molecular weight excluding hydrogens is 329 g/mol. The highest BCUT2D eigenvalue weighted by molar-refractivity contribution is 5.96. The maximum atomic E-state index is 12.6. The summed E-state index contributed by atoms with van der Waals surface area (Å²) in [4.78, 5) is 34.3. The molecule has 0 saturated carbocycles. The molecule has 0 radical (unpaired) electrons. The number of amides is 3. The lowest BCUT2D eigenvalue weighted by Gasteiger charge is -2.20. The fourth-order valence-electron chi connectivity index (χ4n) is 1.89. The third-order valence-corrected chi connectivity index (χ3v) is 2.97. The number of carbonyl (C=O) groups is 3. The first-order valence-electron chi connectivity index (χ1n) is 6.96. The summed E-state index contributed by atoms with van der Waals surface area (Å²) < 4.78 is 42.9. The Morgan fingerprint density at radius 2 is 1.88 bits per heavy atom. The van der Waals surface area contributed by atoms with Gasteiger partial charge in [0.2, 0.25) is 0 Å². The van der Waals surface area contributed by atoms with E-state index in [4.69, 9.17) is 10.5 Å². The smallest absolute Gasteiger partial charge is 0.416 e. The fraction of sp³-hybridized carbons (Fsp3) is 0.400. The number of imide groups is 1. The second kappa shape index (κ2) is 7.80. The standard InChI is InChI=1S/C15H17F3N2O4/c1-8(2)12(13(22)20-14(19)23)24-11(21)7-9-4-3-5-10(6-9)15(16,17)18/h3-6,8,12H,7H2,1-2H3,(H3,19,20,22,23). The van der Waals surface area contributed by atoms with Crippen molar-refractivity contribution in [1.82, 2.24) is 5.32 Å². The van der Waals surface area contributed by atoms with Gasteiger partial charge in [0, 0.05) is 0 Å². The van der Waals surface area contributed by atoms with Crippen LogP contribution in [0, 0.1) is 5.92 Å². The highest BCUT2D eigenvalue weighted by Crippen LogP contribution is 2.29. The number of urea groups is 1. The van der Waals surface area contributed by atoms with Gasteiger partial charge in [-0.2, -0.15) is 13.2 Å². The molecule has 0 aliphatic heterocycles. The van der Waals surface area contributed by atoms with Crippen LogP contribution in [0.25, 0.3) is 0 Å². The molecule has 0 aliphatic carbocycles. The molecule has 1 unspecified atom stereocenters. The van der Waals surface area contributed by atoms with Crippen molar-refractivity contribution in [3.05, 3.63) is 35.4 Å². The van der Waals surface area contributed by atoms with Crippen molar-refractivity contribution in [2.24, 2.45) is 11.7 Å². The molecule has 0 heterocycles. The van der Waals surface area contributed by atoms with Gasteiger partial charge in [-0.1, -0.05) is 32.0 Å². The molecule has 3 N–H and O–H groups in total. The SMILES string of the molecule is CC(C)C(OC(=O)Cc1cccc(C(F)(F)F)c1)C(=O)NC(N)=O. The van der Waals surface area contributed by atoms with Crippen LogP contribution < -0.4 is 11.1 Å². The predicted octanol–water partition coefficient (Wildman–Crippen LogP) is 2.01. The number of alkyl halides is 3. The third-order valence-electron chi connectivity index (χ3n) is 2.97. The molecule has 0 fully saturated rings. The van der Waals surface area contributed by atoms with E-state index in [0.717, 1.165) is 12.1 Å². The van der Waals surface area contributed by atoms with E-state index in [9.17, 15) is 27.6 Å². The van der Waals surface area contributed by atoms with E-state index >= 15 is 0 Å². The Kier molecular flexibility index (Phi) is 6.33. The topological polar surface area (TPSA) is 98.5 Å². The summed E-state index contributed by atoms with van der Waals surface area (Å²) in [5, 5.41) is 1.80. The summed E-state index contributed by atoms with van der Waals surface area (Å²) in [7, 11) is 0. The van der Waals surface area contributed by atoms with E-state index in [1.54, 1.807) is 19.2 Å². The number of benzene rings is 1. The van der Waals surface area contributed by atoms with E-state index in [0.29, 0.717) is 0 Å². The number of hydrogen-bond donors (Lipinski definition) is 2. The minimum Gasteiger partial charge on any atom is -0.452 e. The van der Waals surface area contributed by atoms with Crippen LogP contribution in [-0.4, -0.2) is 24.0 Å². The zero-order valence-corrected chi connectivity index (χ0v) is 13.0. The summed E-state index contributed by atoms with van der Waals surface area (Å²) in [6.45, 7) is 3.14. The summed E-state index contributed by atoms with van der Waals surface area (Å²) in [5.41, 5.74) is 4.03. The number of primary amides is 1. The number of ether oxygens (including phenoxy) is 1. The average molecular weight is 346 g/mol. The maximum absolute atomic E-state index is 12.6. The van der Waals surface area contributed by atoms with E-state index < -0.39 is 48.1 Å². The van der Waals surface area contributed by atoms with Crippen LogP contribution in [0.15, 0.2) is 24.3 Å². The Bertz CT molecular complexity index is 629. The monoisotopic (exact) mass is 346 g/mol. The van der Waals surface area contributed by atoms with Crippen LogP contribution in [0.3, 0.4) is 0 Å². The molecule has 0 aliphatic rings. The Labute approximate surface area is 136 Å². The molecule has 0 saturated heterocycles. The van der Waals surface area contributed by atoms with Crippen molar-refractivity contribution < 1.29 is 32.3 Å². The minimum absolute atomic E-state index is 0.0904. The fourth-order valence-corrected chi connectivity index (χ4v) is 1.89. The second-order valence-electron chi connectivity index (χ2n) is 5.38. The van der Waals surface area contributed by atoms with Gasteiger partial charge >= 0.3 is 18.2 Å². The van der Waals surface area contributed by atoms with Crippen molar-refractivity contribution in [3.8, 4) is 0 Å². The molecule has 0 bridgehead atoms. The van der Waals surface area contributed by atoms with Crippen LogP contribution in [0.4, 0.5) is 18.0 Å². The number of esters is 1. The number of nitrogens with one attached hydrogen (secondary N) is 1. The van der Waals surface area contributed by atoms with Gasteiger partial charge in [-0.3, -0.25) is 14.9 Å². The zero-order valence-electron chi connectivity index (χ0n) is 13.0. The Balaban J connectivity index is 2.80. The first-order valence-corrected chi connectivity index (χ1v) is 6.96. The molecule has 24 heavy (non-hydrogen) atoms. The van der Waals surface area contributed by atoms with Gasteiger partial charge in [-0.05, 0) is 17.5 Å². The number of carbonyl (C=O) groups excluding carboxylic acids is 3. The van der Waals surface area contributed by atoms with Gasteiger partial charge in [-0.25, -0.2) is 4.79 Å². The lowest BCUT2D eigenvalue weighted by Crippen LogP contribution is -2.45. The van der Waals surface area contributed by atoms with Crippen molar-refractivity contribution in [1.29, 1.82) is 0 Å². The van der Waals surface area contributed by atoms with Crippen molar-refractivity contribution in [2.45, 2.75) is 32.5 Å². The second-order valence-corrected chi connectivity index (χ2v) is 5.38. The average Bonchev–Trinajstić information content (AvgIpc) is 2.43. The van der Waals surface area contributed by atoms with Gasteiger partial charge in [0.05, 0.1) is 12.0 Å². The molecule has 0 aromatic heterocycles. The van der Waals surface area contributed by atoms with Crippen LogP contribution in [-0.2, 0) is 26.9 Å². The molecule has 132 valence electrons. The maximum Gasteiger partial charge on any atom is 0.416 e. The predicted molar refractivity (Wildman–Crippen MR) is 77.6 cm³/mol. The number of nitrogens with two attached hydrogens (primary N) is 1. The molecule has 0 spiro atoms. The Morgan fingerprint density at radius 3 is 2.38 bits per heavy atom. The first-order chi connectivity index (χ1) is 11.0. The summed E-state index contributed by atoms with van der Waals surface area (Å²) >= 11 is 0. The van der Waals surface area contributed by atoms with E-state index in [1.807, 2.05) is 0 Å². The molecule has 1 rings (SSSR count).